The largest absolute Gasteiger partial charge is 0.509 e. The Hall–Kier alpha value is -0.890. The minimum Gasteiger partial charge on any atom is -0.424 e. The van der Waals surface area contributed by atoms with Crippen molar-refractivity contribution in [2.75, 3.05) is 13.7 Å². The third-order valence-corrected chi connectivity index (χ3v) is 2.49. The van der Waals surface area contributed by atoms with Gasteiger partial charge in [0.1, 0.15) is 12.2 Å². The van der Waals surface area contributed by atoms with Crippen LogP contribution in [0.3, 0.4) is 0 Å². The first-order valence-corrected chi connectivity index (χ1v) is 4.52. The number of ether oxygens (including phenoxy) is 4. The fraction of sp³-hybridized carbons (Fsp3) is 0.875. The molecule has 0 aliphatic carbocycles. The first-order chi connectivity index (χ1) is 7.17. The summed E-state index contributed by atoms with van der Waals surface area (Å²) in [6.45, 7) is -0.343. The van der Waals surface area contributed by atoms with Crippen molar-refractivity contribution in [3.05, 3.63) is 0 Å². The van der Waals surface area contributed by atoms with E-state index in [0.717, 1.165) is 0 Å². The molecule has 2 aliphatic heterocycles. The molecule has 0 aromatic carbocycles. The zero-order valence-electron chi connectivity index (χ0n) is 8.03. The van der Waals surface area contributed by atoms with Gasteiger partial charge in [-0.05, 0) is 0 Å². The molecule has 0 saturated carbocycles. The lowest BCUT2D eigenvalue weighted by Crippen LogP contribution is -2.57. The summed E-state index contributed by atoms with van der Waals surface area (Å²) in [6, 6.07) is 0. The standard InChI is InChI=1S/C8H12O7/c1-12-7-4(10)6-5(3(2-9)13-7)14-8(11)15-6/h3-7,9-10H,2H2,1H3/t3-,4-,5+,6-,7-/m1/s1. The minimum absolute atomic E-state index is 0.343. The SMILES string of the molecule is CO[C@@H]1O[C@H](CO)[C@@H]2OC(=O)O[C@@H]2[C@H]1O. The van der Waals surface area contributed by atoms with Crippen molar-refractivity contribution in [2.24, 2.45) is 0 Å². The fourth-order valence-corrected chi connectivity index (χ4v) is 1.76. The van der Waals surface area contributed by atoms with Crippen LogP contribution < -0.4 is 0 Å². The van der Waals surface area contributed by atoms with Gasteiger partial charge in [0.05, 0.1) is 6.61 Å². The van der Waals surface area contributed by atoms with Crippen LogP contribution in [0.2, 0.25) is 0 Å². The van der Waals surface area contributed by atoms with E-state index < -0.39 is 36.9 Å². The van der Waals surface area contributed by atoms with E-state index in [1.165, 1.54) is 7.11 Å². The van der Waals surface area contributed by atoms with E-state index in [-0.39, 0.29) is 6.61 Å². The average molecular weight is 220 g/mol. The molecule has 15 heavy (non-hydrogen) atoms. The monoisotopic (exact) mass is 220 g/mol. The summed E-state index contributed by atoms with van der Waals surface area (Å²) in [6.07, 6.45) is -5.30. The Kier molecular flexibility index (Phi) is 2.79. The smallest absolute Gasteiger partial charge is 0.424 e. The number of hydrogen-bond acceptors (Lipinski definition) is 7. The van der Waals surface area contributed by atoms with Gasteiger partial charge in [-0.25, -0.2) is 4.79 Å². The highest BCUT2D eigenvalue weighted by Crippen LogP contribution is 2.30. The number of aliphatic hydroxyl groups excluding tert-OH is 2. The number of aliphatic hydroxyl groups is 2. The molecule has 2 aliphatic rings. The van der Waals surface area contributed by atoms with E-state index in [2.05, 4.69) is 0 Å². The zero-order chi connectivity index (χ0) is 11.0. The summed E-state index contributed by atoms with van der Waals surface area (Å²) < 4.78 is 19.6. The van der Waals surface area contributed by atoms with E-state index in [9.17, 15) is 9.90 Å². The molecule has 0 bridgehead atoms. The predicted octanol–water partition coefficient (Wildman–Crippen LogP) is -1.39. The van der Waals surface area contributed by atoms with Crippen molar-refractivity contribution in [3.8, 4) is 0 Å². The molecule has 2 N–H and O–H groups in total. The first-order valence-electron chi connectivity index (χ1n) is 4.52. The van der Waals surface area contributed by atoms with Crippen LogP contribution in [0.25, 0.3) is 0 Å². The molecule has 0 aromatic rings. The van der Waals surface area contributed by atoms with Crippen molar-refractivity contribution < 1.29 is 34.0 Å². The van der Waals surface area contributed by atoms with Gasteiger partial charge < -0.3 is 29.2 Å². The number of rotatable bonds is 2. The molecule has 5 atom stereocenters. The lowest BCUT2D eigenvalue weighted by molar-refractivity contribution is -0.274. The molecule has 0 radical (unpaired) electrons. The molecule has 2 rings (SSSR count). The topological polar surface area (TPSA) is 94.5 Å². The third kappa shape index (κ3) is 1.67. The maximum absolute atomic E-state index is 10.9. The summed E-state index contributed by atoms with van der Waals surface area (Å²) >= 11 is 0. The van der Waals surface area contributed by atoms with Crippen LogP contribution in [0.5, 0.6) is 0 Å². The van der Waals surface area contributed by atoms with Gasteiger partial charge in [-0.3, -0.25) is 0 Å². The molecular weight excluding hydrogens is 208 g/mol. The summed E-state index contributed by atoms with van der Waals surface area (Å²) in [5.74, 6) is 0. The maximum atomic E-state index is 10.9. The minimum atomic E-state index is -1.12. The zero-order valence-corrected chi connectivity index (χ0v) is 8.03. The second kappa shape index (κ2) is 3.93. The molecular formula is C8H12O7. The van der Waals surface area contributed by atoms with Crippen LogP contribution in [-0.2, 0) is 18.9 Å². The van der Waals surface area contributed by atoms with Gasteiger partial charge in [-0.2, -0.15) is 0 Å². The second-order valence-corrected chi connectivity index (χ2v) is 3.37. The highest BCUT2D eigenvalue weighted by molar-refractivity contribution is 5.63. The Bertz CT molecular complexity index is 255. The lowest BCUT2D eigenvalue weighted by Gasteiger charge is -2.37. The van der Waals surface area contributed by atoms with Crippen molar-refractivity contribution in [3.63, 3.8) is 0 Å². The Morgan fingerprint density at radius 2 is 2.07 bits per heavy atom. The fourth-order valence-electron chi connectivity index (χ4n) is 1.76. The van der Waals surface area contributed by atoms with Crippen LogP contribution in [0.4, 0.5) is 4.79 Å². The average Bonchev–Trinajstić information content (AvgIpc) is 2.61. The van der Waals surface area contributed by atoms with Crippen LogP contribution in [0.15, 0.2) is 0 Å². The Morgan fingerprint density at radius 3 is 2.67 bits per heavy atom. The number of fused-ring (bicyclic) bond motifs is 1. The Balaban J connectivity index is 2.16. The molecule has 0 unspecified atom stereocenters. The molecule has 7 heteroatoms. The van der Waals surface area contributed by atoms with Crippen molar-refractivity contribution >= 4 is 6.16 Å². The van der Waals surface area contributed by atoms with Crippen LogP contribution in [-0.4, -0.2) is 60.8 Å². The van der Waals surface area contributed by atoms with Gasteiger partial charge in [0.2, 0.25) is 0 Å². The van der Waals surface area contributed by atoms with Crippen molar-refractivity contribution in [2.45, 2.75) is 30.7 Å². The highest BCUT2D eigenvalue weighted by Gasteiger charge is 2.53. The molecule has 0 amide bonds. The van der Waals surface area contributed by atoms with Gasteiger partial charge in [-0.15, -0.1) is 0 Å². The van der Waals surface area contributed by atoms with Crippen LogP contribution in [0, 0.1) is 0 Å². The lowest BCUT2D eigenvalue weighted by atomic mass is 9.99. The van der Waals surface area contributed by atoms with Gasteiger partial charge in [0.25, 0.3) is 0 Å². The number of hydrogen-bond donors (Lipinski definition) is 2. The Morgan fingerprint density at radius 1 is 1.40 bits per heavy atom. The van der Waals surface area contributed by atoms with Crippen LogP contribution >= 0.6 is 0 Å². The summed E-state index contributed by atoms with van der Waals surface area (Å²) in [5.41, 5.74) is 0. The predicted molar refractivity (Wildman–Crippen MR) is 43.9 cm³/mol. The van der Waals surface area contributed by atoms with E-state index >= 15 is 0 Å². The number of carbonyl (C=O) groups excluding carboxylic acids is 1. The van der Waals surface area contributed by atoms with Gasteiger partial charge >= 0.3 is 6.16 Å². The molecule has 86 valence electrons. The van der Waals surface area contributed by atoms with Gasteiger partial charge in [-0.1, -0.05) is 0 Å². The Labute approximate surface area is 85.5 Å². The summed E-state index contributed by atoms with van der Waals surface area (Å²) in [5, 5.41) is 18.7. The highest BCUT2D eigenvalue weighted by atomic mass is 16.8. The van der Waals surface area contributed by atoms with E-state index in [0.29, 0.717) is 0 Å². The molecule has 2 fully saturated rings. The molecule has 2 heterocycles. The number of carbonyl (C=O) groups is 1. The van der Waals surface area contributed by atoms with Gasteiger partial charge in [0.15, 0.2) is 18.5 Å². The maximum Gasteiger partial charge on any atom is 0.509 e. The molecule has 7 nitrogen and oxygen atoms in total. The second-order valence-electron chi connectivity index (χ2n) is 3.37. The normalized spacial score (nSPS) is 44.5. The van der Waals surface area contributed by atoms with E-state index in [4.69, 9.17) is 24.1 Å². The third-order valence-electron chi connectivity index (χ3n) is 2.49. The summed E-state index contributed by atoms with van der Waals surface area (Å²) in [4.78, 5) is 10.9. The van der Waals surface area contributed by atoms with Gasteiger partial charge in [0, 0.05) is 7.11 Å². The molecule has 0 spiro atoms. The number of methoxy groups -OCH3 is 1. The first kappa shape index (κ1) is 10.6. The quantitative estimate of drug-likeness (QED) is 0.553. The molecule has 0 aromatic heterocycles. The van der Waals surface area contributed by atoms with Crippen molar-refractivity contribution in [1.82, 2.24) is 0 Å². The van der Waals surface area contributed by atoms with E-state index in [1.807, 2.05) is 0 Å². The van der Waals surface area contributed by atoms with Crippen LogP contribution in [0.1, 0.15) is 0 Å². The molecule has 2 saturated heterocycles. The van der Waals surface area contributed by atoms with E-state index in [1.54, 1.807) is 0 Å². The summed E-state index contributed by atoms with van der Waals surface area (Å²) in [7, 11) is 1.35. The van der Waals surface area contributed by atoms with Crippen molar-refractivity contribution in [1.29, 1.82) is 0 Å².